The van der Waals surface area contributed by atoms with E-state index in [2.05, 4.69) is 24.5 Å². The van der Waals surface area contributed by atoms with Crippen molar-refractivity contribution in [1.82, 2.24) is 10.6 Å². The topological polar surface area (TPSA) is 61.4 Å². The largest absolute Gasteiger partial charge is 0.394 e. The summed E-state index contributed by atoms with van der Waals surface area (Å²) in [4.78, 5) is 11.9. The minimum Gasteiger partial charge on any atom is -0.394 e. The highest BCUT2D eigenvalue weighted by Gasteiger charge is 2.34. The summed E-state index contributed by atoms with van der Waals surface area (Å²) in [5.74, 6) is 0.655. The fourth-order valence-electron chi connectivity index (χ4n) is 3.12. The minimum absolute atomic E-state index is 0.0343. The van der Waals surface area contributed by atoms with Gasteiger partial charge in [0.05, 0.1) is 13.2 Å². The number of hydrogen-bond acceptors (Lipinski definition) is 3. The van der Waals surface area contributed by atoms with Crippen LogP contribution in [-0.4, -0.2) is 35.7 Å². The van der Waals surface area contributed by atoms with Gasteiger partial charge < -0.3 is 15.7 Å². The Morgan fingerprint density at radius 3 is 2.84 bits per heavy atom. The molecule has 0 heterocycles. The smallest absolute Gasteiger partial charge is 0.234 e. The number of aliphatic hydroxyl groups excluding tert-OH is 1. The first-order valence-corrected chi connectivity index (χ1v) is 7.66. The third-order valence-electron chi connectivity index (χ3n) is 4.15. The van der Waals surface area contributed by atoms with Gasteiger partial charge in [-0.1, -0.05) is 33.1 Å². The third-order valence-corrected chi connectivity index (χ3v) is 4.15. The molecule has 19 heavy (non-hydrogen) atoms. The Morgan fingerprint density at radius 2 is 2.26 bits per heavy atom. The summed E-state index contributed by atoms with van der Waals surface area (Å²) in [6.07, 6.45) is 6.36. The lowest BCUT2D eigenvalue weighted by molar-refractivity contribution is -0.121. The second kappa shape index (κ2) is 7.85. The number of nitrogens with one attached hydrogen (secondary N) is 2. The van der Waals surface area contributed by atoms with Crippen LogP contribution in [0.1, 0.15) is 59.3 Å². The van der Waals surface area contributed by atoms with E-state index in [0.717, 1.165) is 32.1 Å². The lowest BCUT2D eigenvalue weighted by Crippen LogP contribution is -2.54. The zero-order chi connectivity index (χ0) is 14.3. The van der Waals surface area contributed by atoms with Crippen LogP contribution in [0.3, 0.4) is 0 Å². The molecular formula is C15H30N2O2. The minimum atomic E-state index is -0.247. The van der Waals surface area contributed by atoms with E-state index in [-0.39, 0.29) is 24.1 Å². The van der Waals surface area contributed by atoms with Crippen molar-refractivity contribution in [2.24, 2.45) is 5.92 Å². The van der Waals surface area contributed by atoms with Crippen molar-refractivity contribution in [2.75, 3.05) is 13.2 Å². The summed E-state index contributed by atoms with van der Waals surface area (Å²) in [5, 5.41) is 15.9. The van der Waals surface area contributed by atoms with Crippen LogP contribution in [0.15, 0.2) is 0 Å². The number of carbonyl (C=O) groups excluding carboxylic acids is 1. The average Bonchev–Trinajstić information content (AvgIpc) is 2.37. The van der Waals surface area contributed by atoms with Gasteiger partial charge in [0.1, 0.15) is 0 Å². The maximum absolute atomic E-state index is 11.9. The molecule has 112 valence electrons. The van der Waals surface area contributed by atoms with Crippen LogP contribution >= 0.6 is 0 Å². The predicted molar refractivity (Wildman–Crippen MR) is 78.0 cm³/mol. The molecule has 3 atom stereocenters. The summed E-state index contributed by atoms with van der Waals surface area (Å²) < 4.78 is 0. The third kappa shape index (κ3) is 5.49. The van der Waals surface area contributed by atoms with Crippen LogP contribution in [-0.2, 0) is 4.79 Å². The van der Waals surface area contributed by atoms with E-state index in [4.69, 9.17) is 0 Å². The number of carbonyl (C=O) groups is 1. The normalized spacial score (nSPS) is 28.9. The maximum atomic E-state index is 11.9. The molecule has 1 rings (SSSR count). The summed E-state index contributed by atoms with van der Waals surface area (Å²) in [6, 6.07) is 0.231. The van der Waals surface area contributed by atoms with Gasteiger partial charge in [0.2, 0.25) is 5.91 Å². The zero-order valence-corrected chi connectivity index (χ0v) is 12.7. The van der Waals surface area contributed by atoms with Crippen LogP contribution < -0.4 is 10.6 Å². The maximum Gasteiger partial charge on any atom is 0.234 e. The van der Waals surface area contributed by atoms with Gasteiger partial charge >= 0.3 is 0 Å². The predicted octanol–water partition coefficient (Wildman–Crippen LogP) is 1.82. The van der Waals surface area contributed by atoms with Gasteiger partial charge in [-0.3, -0.25) is 4.79 Å². The van der Waals surface area contributed by atoms with Gasteiger partial charge in [0.15, 0.2) is 0 Å². The average molecular weight is 270 g/mol. The molecule has 4 nitrogen and oxygen atoms in total. The molecule has 4 heteroatoms. The summed E-state index contributed by atoms with van der Waals surface area (Å²) in [7, 11) is 0. The SMILES string of the molecule is CCCC(C)NC(=O)CNC1(CO)CCCC(C)C1. The van der Waals surface area contributed by atoms with Crippen molar-refractivity contribution in [3.8, 4) is 0 Å². The number of aliphatic hydroxyl groups is 1. The zero-order valence-electron chi connectivity index (χ0n) is 12.7. The van der Waals surface area contributed by atoms with E-state index in [0.29, 0.717) is 12.5 Å². The molecule has 0 aliphatic heterocycles. The van der Waals surface area contributed by atoms with Gasteiger partial charge in [-0.2, -0.15) is 0 Å². The van der Waals surface area contributed by atoms with Gasteiger partial charge in [0, 0.05) is 11.6 Å². The summed E-state index contributed by atoms with van der Waals surface area (Å²) in [6.45, 7) is 6.79. The van der Waals surface area contributed by atoms with Crippen molar-refractivity contribution < 1.29 is 9.90 Å². The second-order valence-electron chi connectivity index (χ2n) is 6.25. The van der Waals surface area contributed by atoms with Crippen molar-refractivity contribution in [1.29, 1.82) is 0 Å². The molecule has 1 fully saturated rings. The van der Waals surface area contributed by atoms with Crippen LogP contribution in [0.2, 0.25) is 0 Å². The molecule has 3 N–H and O–H groups in total. The molecule has 0 radical (unpaired) electrons. The molecule has 0 aromatic heterocycles. The van der Waals surface area contributed by atoms with E-state index in [1.165, 1.54) is 6.42 Å². The fraction of sp³-hybridized carbons (Fsp3) is 0.933. The molecule has 0 aromatic rings. The molecule has 1 amide bonds. The summed E-state index contributed by atoms with van der Waals surface area (Å²) in [5.41, 5.74) is -0.247. The number of amides is 1. The molecular weight excluding hydrogens is 240 g/mol. The van der Waals surface area contributed by atoms with E-state index < -0.39 is 0 Å². The number of rotatable bonds is 7. The van der Waals surface area contributed by atoms with E-state index in [9.17, 15) is 9.90 Å². The highest BCUT2D eigenvalue weighted by atomic mass is 16.3. The van der Waals surface area contributed by atoms with E-state index in [1.807, 2.05) is 6.92 Å². The van der Waals surface area contributed by atoms with Gasteiger partial charge in [-0.05, 0) is 32.1 Å². The quantitative estimate of drug-likeness (QED) is 0.661. The standard InChI is InChI=1S/C15H30N2O2/c1-4-6-13(3)17-14(19)10-16-15(11-18)8-5-7-12(2)9-15/h12-13,16,18H,4-11H2,1-3H3,(H,17,19). The Bertz CT molecular complexity index is 283. The fourth-order valence-corrected chi connectivity index (χ4v) is 3.12. The van der Waals surface area contributed by atoms with Gasteiger partial charge in [-0.15, -0.1) is 0 Å². The Kier molecular flexibility index (Phi) is 6.80. The van der Waals surface area contributed by atoms with Crippen molar-refractivity contribution in [3.05, 3.63) is 0 Å². The first-order chi connectivity index (χ1) is 9.01. The Balaban J connectivity index is 2.38. The lowest BCUT2D eigenvalue weighted by Gasteiger charge is -2.39. The molecule has 1 saturated carbocycles. The molecule has 0 saturated heterocycles. The van der Waals surface area contributed by atoms with Gasteiger partial charge in [-0.25, -0.2) is 0 Å². The van der Waals surface area contributed by atoms with Crippen LogP contribution in [0.4, 0.5) is 0 Å². The monoisotopic (exact) mass is 270 g/mol. The Labute approximate surface area is 117 Å². The first-order valence-electron chi connectivity index (χ1n) is 7.66. The molecule has 0 bridgehead atoms. The molecule has 0 spiro atoms. The van der Waals surface area contributed by atoms with Crippen LogP contribution in [0.25, 0.3) is 0 Å². The first kappa shape index (κ1) is 16.4. The second-order valence-corrected chi connectivity index (χ2v) is 6.25. The summed E-state index contributed by atoms with van der Waals surface area (Å²) >= 11 is 0. The molecule has 1 aliphatic carbocycles. The molecule has 3 unspecified atom stereocenters. The van der Waals surface area contributed by atoms with E-state index in [1.54, 1.807) is 0 Å². The highest BCUT2D eigenvalue weighted by Crippen LogP contribution is 2.31. The highest BCUT2D eigenvalue weighted by molar-refractivity contribution is 5.78. The molecule has 1 aliphatic rings. The van der Waals surface area contributed by atoms with Crippen molar-refractivity contribution >= 4 is 5.91 Å². The van der Waals surface area contributed by atoms with Crippen molar-refractivity contribution in [3.63, 3.8) is 0 Å². The molecule has 0 aromatic carbocycles. The van der Waals surface area contributed by atoms with Crippen LogP contribution in [0.5, 0.6) is 0 Å². The number of hydrogen-bond donors (Lipinski definition) is 3. The van der Waals surface area contributed by atoms with Crippen molar-refractivity contribution in [2.45, 2.75) is 70.9 Å². The lowest BCUT2D eigenvalue weighted by atomic mass is 9.77. The van der Waals surface area contributed by atoms with E-state index >= 15 is 0 Å². The van der Waals surface area contributed by atoms with Crippen LogP contribution in [0, 0.1) is 5.92 Å². The Hall–Kier alpha value is -0.610. The van der Waals surface area contributed by atoms with Gasteiger partial charge in [0.25, 0.3) is 0 Å². The Morgan fingerprint density at radius 1 is 1.53 bits per heavy atom.